The van der Waals surface area contributed by atoms with Crippen LogP contribution in [-0.4, -0.2) is 40.1 Å². The van der Waals surface area contributed by atoms with E-state index in [4.69, 9.17) is 5.11 Å². The van der Waals surface area contributed by atoms with Crippen LogP contribution in [0.4, 0.5) is 5.69 Å². The largest absolute Gasteiger partial charge is 0.481 e. The number of carbonyl (C=O) groups excluding carboxylic acids is 1. The number of benzene rings is 1. The number of hydrogen-bond donors (Lipinski definition) is 3. The molecule has 4 rings (SSSR count). The van der Waals surface area contributed by atoms with E-state index < -0.39 is 5.97 Å². The monoisotopic (exact) mass is 434 g/mol. The van der Waals surface area contributed by atoms with E-state index in [-0.39, 0.29) is 11.9 Å². The topological polar surface area (TPSA) is 94.6 Å². The van der Waals surface area contributed by atoms with Gasteiger partial charge >= 0.3 is 5.97 Å². The number of carboxylic acids is 1. The van der Waals surface area contributed by atoms with Crippen LogP contribution in [-0.2, 0) is 9.59 Å². The molecule has 1 aromatic carbocycles. The third-order valence-electron chi connectivity index (χ3n) is 6.47. The highest BCUT2D eigenvalue weighted by molar-refractivity contribution is 5.96. The Morgan fingerprint density at radius 3 is 2.41 bits per heavy atom. The molecule has 1 atom stereocenters. The number of anilines is 1. The highest BCUT2D eigenvalue weighted by Crippen LogP contribution is 2.37. The van der Waals surface area contributed by atoms with Gasteiger partial charge in [0, 0.05) is 24.7 Å². The molecule has 0 spiro atoms. The van der Waals surface area contributed by atoms with Crippen molar-refractivity contribution in [3.63, 3.8) is 0 Å². The molecule has 1 aliphatic carbocycles. The van der Waals surface area contributed by atoms with Crippen LogP contribution in [0.25, 0.3) is 11.3 Å². The lowest BCUT2D eigenvalue weighted by Crippen LogP contribution is -2.42. The van der Waals surface area contributed by atoms with Crippen LogP contribution < -0.4 is 10.7 Å². The molecule has 2 aromatic rings. The summed E-state index contributed by atoms with van der Waals surface area (Å²) in [6, 6.07) is 11.9. The minimum absolute atomic E-state index is 0.103. The lowest BCUT2D eigenvalue weighted by atomic mass is 9.77. The number of hydrazine groups is 1. The second-order valence-corrected chi connectivity index (χ2v) is 8.88. The first-order valence-electron chi connectivity index (χ1n) is 11.2. The average Bonchev–Trinajstić information content (AvgIpc) is 3.13. The molecule has 0 saturated heterocycles. The van der Waals surface area contributed by atoms with Crippen LogP contribution in [0.5, 0.6) is 0 Å². The van der Waals surface area contributed by atoms with Gasteiger partial charge in [-0.05, 0) is 68.2 Å². The molecule has 0 bridgehead atoms. The van der Waals surface area contributed by atoms with Crippen LogP contribution in [0.2, 0.25) is 0 Å². The molecule has 1 fully saturated rings. The summed E-state index contributed by atoms with van der Waals surface area (Å²) in [5, 5.41) is 13.7. The van der Waals surface area contributed by atoms with Crippen molar-refractivity contribution in [1.29, 1.82) is 0 Å². The molecule has 1 aromatic heterocycles. The number of nitrogens with one attached hydrogen (secondary N) is 2. The number of nitrogens with zero attached hydrogens (tertiary/aromatic N) is 2. The highest BCUT2D eigenvalue weighted by Gasteiger charge is 2.26. The number of rotatable bonds is 6. The Morgan fingerprint density at radius 2 is 1.84 bits per heavy atom. The lowest BCUT2D eigenvalue weighted by molar-refractivity contribution is -0.138. The summed E-state index contributed by atoms with van der Waals surface area (Å²) in [7, 11) is 1.84. The predicted molar refractivity (Wildman–Crippen MR) is 124 cm³/mol. The SMILES string of the molecule is CC1=CC(C(=O)Nc2ccc(-c3ccc(C4CCC(CC(=O)O)CC4)cc3)nc2)N(C)N1. The van der Waals surface area contributed by atoms with Crippen molar-refractivity contribution in [2.45, 2.75) is 51.0 Å². The Labute approximate surface area is 188 Å². The minimum atomic E-state index is -0.689. The van der Waals surface area contributed by atoms with Crippen LogP contribution >= 0.6 is 0 Å². The maximum Gasteiger partial charge on any atom is 0.303 e. The Balaban J connectivity index is 1.34. The summed E-state index contributed by atoms with van der Waals surface area (Å²) in [5.41, 5.74) is 7.92. The second-order valence-electron chi connectivity index (χ2n) is 8.88. The fourth-order valence-corrected chi connectivity index (χ4v) is 4.71. The molecule has 0 radical (unpaired) electrons. The summed E-state index contributed by atoms with van der Waals surface area (Å²) in [4.78, 5) is 27.9. The number of carbonyl (C=O) groups is 2. The van der Waals surface area contributed by atoms with E-state index in [1.165, 1.54) is 5.56 Å². The van der Waals surface area contributed by atoms with E-state index in [1.807, 2.05) is 32.2 Å². The van der Waals surface area contributed by atoms with Crippen molar-refractivity contribution in [1.82, 2.24) is 15.4 Å². The molecular formula is C25H30N4O3. The van der Waals surface area contributed by atoms with Crippen LogP contribution in [0.1, 0.15) is 50.5 Å². The van der Waals surface area contributed by atoms with Gasteiger partial charge in [0.1, 0.15) is 6.04 Å². The predicted octanol–water partition coefficient (Wildman–Crippen LogP) is 4.16. The number of carboxylic acid groups (broad SMARTS) is 1. The van der Waals surface area contributed by atoms with Gasteiger partial charge in [-0.2, -0.15) is 0 Å². The van der Waals surface area contributed by atoms with Crippen molar-refractivity contribution in [3.8, 4) is 11.3 Å². The first-order chi connectivity index (χ1) is 15.4. The number of aliphatic carboxylic acids is 1. The van der Waals surface area contributed by atoms with Crippen LogP contribution in [0.15, 0.2) is 54.4 Å². The molecule has 7 nitrogen and oxygen atoms in total. The van der Waals surface area contributed by atoms with Crippen LogP contribution in [0, 0.1) is 5.92 Å². The normalized spacial score (nSPS) is 23.3. The molecule has 1 unspecified atom stereocenters. The molecule has 1 amide bonds. The molecule has 1 saturated carbocycles. The van der Waals surface area contributed by atoms with Gasteiger partial charge in [0.15, 0.2) is 0 Å². The minimum Gasteiger partial charge on any atom is -0.481 e. The maximum absolute atomic E-state index is 12.5. The Kier molecular flexibility index (Phi) is 6.55. The zero-order valence-electron chi connectivity index (χ0n) is 18.5. The molecule has 3 N–H and O–H groups in total. The van der Waals surface area contributed by atoms with E-state index in [9.17, 15) is 9.59 Å². The summed E-state index contributed by atoms with van der Waals surface area (Å²) >= 11 is 0. The zero-order chi connectivity index (χ0) is 22.7. The van der Waals surface area contributed by atoms with Crippen molar-refractivity contribution >= 4 is 17.6 Å². The Morgan fingerprint density at radius 1 is 1.12 bits per heavy atom. The van der Waals surface area contributed by atoms with Crippen molar-refractivity contribution in [2.75, 3.05) is 12.4 Å². The third-order valence-corrected chi connectivity index (χ3v) is 6.47. The number of allylic oxidation sites excluding steroid dienone is 1. The molecule has 1 aliphatic heterocycles. The van der Waals surface area contributed by atoms with Crippen molar-refractivity contribution in [3.05, 3.63) is 59.9 Å². The number of amides is 1. The zero-order valence-corrected chi connectivity index (χ0v) is 18.5. The Hall–Kier alpha value is -3.19. The van der Waals surface area contributed by atoms with Gasteiger partial charge in [0.25, 0.3) is 0 Å². The molecular weight excluding hydrogens is 404 g/mol. The first-order valence-corrected chi connectivity index (χ1v) is 11.2. The van der Waals surface area contributed by atoms with Gasteiger partial charge in [0.05, 0.1) is 17.6 Å². The van der Waals surface area contributed by atoms with Gasteiger partial charge in [0.2, 0.25) is 5.91 Å². The number of likely N-dealkylation sites (N-methyl/N-ethyl adjacent to an activating group) is 1. The van der Waals surface area contributed by atoms with Gasteiger partial charge < -0.3 is 15.8 Å². The fraction of sp³-hybridized carbons (Fsp3) is 0.400. The standard InChI is InChI=1S/C25H30N4O3/c1-16-13-23(29(2)28-16)25(32)27-21-11-12-22(26-15-21)20-9-7-19(8-10-20)18-5-3-17(4-6-18)14-24(30)31/h7-13,15,17-18,23,28H,3-6,14H2,1-2H3,(H,27,32)(H,30,31). The van der Waals surface area contributed by atoms with Crippen molar-refractivity contribution in [2.24, 2.45) is 5.92 Å². The molecule has 2 aliphatic rings. The smallest absolute Gasteiger partial charge is 0.303 e. The summed E-state index contributed by atoms with van der Waals surface area (Å²) in [6.45, 7) is 1.93. The van der Waals surface area contributed by atoms with E-state index in [0.717, 1.165) is 42.6 Å². The van der Waals surface area contributed by atoms with Gasteiger partial charge in [-0.25, -0.2) is 5.01 Å². The quantitative estimate of drug-likeness (QED) is 0.632. The number of aromatic nitrogens is 1. The third kappa shape index (κ3) is 5.16. The van der Waals surface area contributed by atoms with Crippen LogP contribution in [0.3, 0.4) is 0 Å². The summed E-state index contributed by atoms with van der Waals surface area (Å²) < 4.78 is 0. The summed E-state index contributed by atoms with van der Waals surface area (Å²) in [5.74, 6) is 0.0247. The lowest BCUT2D eigenvalue weighted by Gasteiger charge is -2.28. The molecule has 7 heteroatoms. The van der Waals surface area contributed by atoms with Gasteiger partial charge in [-0.3, -0.25) is 14.6 Å². The summed E-state index contributed by atoms with van der Waals surface area (Å²) in [6.07, 6.45) is 7.92. The van der Waals surface area contributed by atoms with Crippen molar-refractivity contribution < 1.29 is 14.7 Å². The van der Waals surface area contributed by atoms with E-state index in [2.05, 4.69) is 40.0 Å². The fourth-order valence-electron chi connectivity index (χ4n) is 4.71. The second kappa shape index (κ2) is 9.53. The van der Waals surface area contributed by atoms with Gasteiger partial charge in [-0.1, -0.05) is 24.3 Å². The number of hydrogen-bond acceptors (Lipinski definition) is 5. The molecule has 2 heterocycles. The molecule has 168 valence electrons. The Bertz CT molecular complexity index is 993. The molecule has 32 heavy (non-hydrogen) atoms. The number of pyridine rings is 1. The van der Waals surface area contributed by atoms with E-state index >= 15 is 0 Å². The maximum atomic E-state index is 12.5. The highest BCUT2D eigenvalue weighted by atomic mass is 16.4. The van der Waals surface area contributed by atoms with E-state index in [0.29, 0.717) is 23.9 Å². The average molecular weight is 435 g/mol. The first kappa shape index (κ1) is 22.0. The van der Waals surface area contributed by atoms with Gasteiger partial charge in [-0.15, -0.1) is 0 Å². The van der Waals surface area contributed by atoms with E-state index in [1.54, 1.807) is 11.2 Å².